The first-order valence-corrected chi connectivity index (χ1v) is 7.55. The minimum absolute atomic E-state index is 0.107. The van der Waals surface area contributed by atoms with Crippen molar-refractivity contribution in [1.82, 2.24) is 4.98 Å². The maximum atomic E-state index is 9.86. The third-order valence-electron chi connectivity index (χ3n) is 3.91. The van der Waals surface area contributed by atoms with E-state index in [0.29, 0.717) is 5.92 Å². The van der Waals surface area contributed by atoms with E-state index in [1.807, 2.05) is 26.0 Å². The molecule has 1 aliphatic carbocycles. The number of nitrogens with zero attached hydrogens (tertiary/aromatic N) is 1. The Morgan fingerprint density at radius 2 is 2.35 bits per heavy atom. The molecule has 1 aromatic heterocycles. The van der Waals surface area contributed by atoms with Crippen LogP contribution < -0.4 is 10.1 Å². The molecule has 112 valence electrons. The molecule has 0 aliphatic heterocycles. The summed E-state index contributed by atoms with van der Waals surface area (Å²) in [5.74, 6) is 2.12. The molecule has 2 rings (SSSR count). The fourth-order valence-electron chi connectivity index (χ4n) is 3.04. The number of nitrogens with one attached hydrogen (secondary N) is 1. The molecule has 1 fully saturated rings. The predicted octanol–water partition coefficient (Wildman–Crippen LogP) is 3.22. The second-order valence-electron chi connectivity index (χ2n) is 6.28. The maximum absolute atomic E-state index is 9.86. The summed E-state index contributed by atoms with van der Waals surface area (Å²) in [5.41, 5.74) is -0.263. The van der Waals surface area contributed by atoms with Crippen molar-refractivity contribution in [2.45, 2.75) is 58.1 Å². The van der Waals surface area contributed by atoms with Crippen LogP contribution in [0.2, 0.25) is 0 Å². The number of aliphatic hydroxyl groups is 1. The van der Waals surface area contributed by atoms with Crippen LogP contribution in [0.3, 0.4) is 0 Å². The summed E-state index contributed by atoms with van der Waals surface area (Å²) in [6.07, 6.45) is 6.19. The molecule has 4 nitrogen and oxygen atoms in total. The first-order valence-electron chi connectivity index (χ1n) is 7.55. The standard InChI is InChI=1S/C16H26N2O2/c1-12(2)20-14-7-5-9-17-15(14)18-16(11-19)8-4-6-13(3)10-16/h5,7,9,12-13,19H,4,6,8,10-11H2,1-3H3,(H,17,18). The fraction of sp³-hybridized carbons (Fsp3) is 0.688. The molecule has 1 aromatic rings. The fourth-order valence-corrected chi connectivity index (χ4v) is 3.04. The van der Waals surface area contributed by atoms with Crippen LogP contribution in [0, 0.1) is 5.92 Å². The zero-order valence-corrected chi connectivity index (χ0v) is 12.7. The summed E-state index contributed by atoms with van der Waals surface area (Å²) in [4.78, 5) is 4.40. The highest BCUT2D eigenvalue weighted by Crippen LogP contribution is 2.36. The van der Waals surface area contributed by atoms with Gasteiger partial charge in [0, 0.05) is 6.20 Å². The third kappa shape index (κ3) is 3.63. The molecule has 1 heterocycles. The Bertz CT molecular complexity index is 436. The number of aliphatic hydroxyl groups excluding tert-OH is 1. The van der Waals surface area contributed by atoms with Gasteiger partial charge in [-0.3, -0.25) is 0 Å². The lowest BCUT2D eigenvalue weighted by molar-refractivity contribution is 0.148. The molecule has 20 heavy (non-hydrogen) atoms. The van der Waals surface area contributed by atoms with E-state index < -0.39 is 0 Å². The normalized spacial score (nSPS) is 26.6. The van der Waals surface area contributed by atoms with Crippen LogP contribution in [0.15, 0.2) is 18.3 Å². The van der Waals surface area contributed by atoms with Gasteiger partial charge < -0.3 is 15.2 Å². The van der Waals surface area contributed by atoms with Gasteiger partial charge in [-0.05, 0) is 44.7 Å². The first kappa shape index (κ1) is 15.1. The van der Waals surface area contributed by atoms with E-state index in [-0.39, 0.29) is 18.2 Å². The van der Waals surface area contributed by atoms with Crippen LogP contribution in [0.1, 0.15) is 46.5 Å². The van der Waals surface area contributed by atoms with Gasteiger partial charge in [0.05, 0.1) is 18.2 Å². The summed E-state index contributed by atoms with van der Waals surface area (Å²) < 4.78 is 5.80. The number of anilines is 1. The Balaban J connectivity index is 2.19. The van der Waals surface area contributed by atoms with Crippen LogP contribution in [-0.4, -0.2) is 28.3 Å². The van der Waals surface area contributed by atoms with Crippen LogP contribution in [-0.2, 0) is 0 Å². The molecule has 0 bridgehead atoms. The lowest BCUT2D eigenvalue weighted by Crippen LogP contribution is -2.46. The Morgan fingerprint density at radius 3 is 3.00 bits per heavy atom. The number of aromatic nitrogens is 1. The molecule has 1 saturated carbocycles. The average Bonchev–Trinajstić information content (AvgIpc) is 2.40. The molecular formula is C16H26N2O2. The van der Waals surface area contributed by atoms with Gasteiger partial charge in [-0.2, -0.15) is 0 Å². The minimum Gasteiger partial charge on any atom is -0.487 e. The SMILES string of the molecule is CC1CCCC(CO)(Nc2ncccc2OC(C)C)C1. The summed E-state index contributed by atoms with van der Waals surface area (Å²) >= 11 is 0. The highest BCUT2D eigenvalue weighted by molar-refractivity contribution is 5.51. The molecule has 2 N–H and O–H groups in total. The lowest BCUT2D eigenvalue weighted by atomic mass is 9.77. The van der Waals surface area contributed by atoms with E-state index in [1.165, 1.54) is 6.42 Å². The van der Waals surface area contributed by atoms with Gasteiger partial charge in [-0.1, -0.05) is 19.8 Å². The molecule has 0 radical (unpaired) electrons. The number of hydrogen-bond acceptors (Lipinski definition) is 4. The van der Waals surface area contributed by atoms with Crippen LogP contribution in [0.5, 0.6) is 5.75 Å². The van der Waals surface area contributed by atoms with Gasteiger partial charge >= 0.3 is 0 Å². The summed E-state index contributed by atoms with van der Waals surface area (Å²) in [6, 6.07) is 3.80. The second kappa shape index (κ2) is 6.44. The van der Waals surface area contributed by atoms with Crippen molar-refractivity contribution >= 4 is 5.82 Å². The molecule has 1 aliphatic rings. The first-order chi connectivity index (χ1) is 9.54. The van der Waals surface area contributed by atoms with Crippen molar-refractivity contribution in [2.24, 2.45) is 5.92 Å². The van der Waals surface area contributed by atoms with Crippen LogP contribution in [0.25, 0.3) is 0 Å². The van der Waals surface area contributed by atoms with E-state index in [9.17, 15) is 5.11 Å². The summed E-state index contributed by atoms with van der Waals surface area (Å²) in [7, 11) is 0. The van der Waals surface area contributed by atoms with Gasteiger partial charge in [0.1, 0.15) is 0 Å². The van der Waals surface area contributed by atoms with E-state index in [1.54, 1.807) is 6.20 Å². The van der Waals surface area contributed by atoms with E-state index in [0.717, 1.165) is 30.8 Å². The Kier molecular flexibility index (Phi) is 4.86. The Morgan fingerprint density at radius 1 is 1.55 bits per heavy atom. The van der Waals surface area contributed by atoms with Crippen molar-refractivity contribution in [1.29, 1.82) is 0 Å². The number of hydrogen-bond donors (Lipinski definition) is 2. The van der Waals surface area contributed by atoms with Crippen LogP contribution >= 0.6 is 0 Å². The summed E-state index contributed by atoms with van der Waals surface area (Å²) in [5, 5.41) is 13.3. The molecule has 4 heteroatoms. The van der Waals surface area contributed by atoms with Crippen LogP contribution in [0.4, 0.5) is 5.82 Å². The van der Waals surface area contributed by atoms with Crippen molar-refractivity contribution < 1.29 is 9.84 Å². The van der Waals surface area contributed by atoms with Gasteiger partial charge in [0.25, 0.3) is 0 Å². The summed E-state index contributed by atoms with van der Waals surface area (Å²) in [6.45, 7) is 6.38. The van der Waals surface area contributed by atoms with E-state index in [4.69, 9.17) is 4.74 Å². The predicted molar refractivity (Wildman–Crippen MR) is 81.1 cm³/mol. The van der Waals surface area contributed by atoms with Crippen molar-refractivity contribution in [3.8, 4) is 5.75 Å². The van der Waals surface area contributed by atoms with Crippen molar-refractivity contribution in [2.75, 3.05) is 11.9 Å². The molecule has 0 aromatic carbocycles. The quantitative estimate of drug-likeness (QED) is 0.868. The average molecular weight is 278 g/mol. The minimum atomic E-state index is -0.263. The Labute approximate surface area is 121 Å². The topological polar surface area (TPSA) is 54.4 Å². The largest absolute Gasteiger partial charge is 0.487 e. The van der Waals surface area contributed by atoms with Gasteiger partial charge in [0.2, 0.25) is 0 Å². The van der Waals surface area contributed by atoms with Crippen molar-refractivity contribution in [3.63, 3.8) is 0 Å². The second-order valence-corrected chi connectivity index (χ2v) is 6.28. The molecule has 2 unspecified atom stereocenters. The smallest absolute Gasteiger partial charge is 0.169 e. The highest BCUT2D eigenvalue weighted by Gasteiger charge is 2.35. The zero-order valence-electron chi connectivity index (χ0n) is 12.7. The lowest BCUT2D eigenvalue weighted by Gasteiger charge is -2.40. The van der Waals surface area contributed by atoms with E-state index >= 15 is 0 Å². The molecule has 2 atom stereocenters. The van der Waals surface area contributed by atoms with E-state index in [2.05, 4.69) is 17.2 Å². The monoisotopic (exact) mass is 278 g/mol. The van der Waals surface area contributed by atoms with Gasteiger partial charge in [-0.25, -0.2) is 4.98 Å². The van der Waals surface area contributed by atoms with Gasteiger partial charge in [-0.15, -0.1) is 0 Å². The zero-order chi connectivity index (χ0) is 14.6. The van der Waals surface area contributed by atoms with Gasteiger partial charge in [0.15, 0.2) is 11.6 Å². The highest BCUT2D eigenvalue weighted by atomic mass is 16.5. The molecule has 0 spiro atoms. The third-order valence-corrected chi connectivity index (χ3v) is 3.91. The van der Waals surface area contributed by atoms with Crippen molar-refractivity contribution in [3.05, 3.63) is 18.3 Å². The number of ether oxygens (including phenoxy) is 1. The molecular weight excluding hydrogens is 252 g/mol. The maximum Gasteiger partial charge on any atom is 0.169 e. The molecule has 0 saturated heterocycles. The number of pyridine rings is 1. The molecule has 0 amide bonds. The number of rotatable bonds is 5. The Hall–Kier alpha value is -1.29.